The first kappa shape index (κ1) is 20.5. The Morgan fingerprint density at radius 1 is 1.19 bits per heavy atom. The van der Waals surface area contributed by atoms with Gasteiger partial charge in [-0.15, -0.1) is 0 Å². The van der Waals surface area contributed by atoms with E-state index in [-0.39, 0.29) is 29.9 Å². The number of benzene rings is 1. The van der Waals surface area contributed by atoms with Gasteiger partial charge in [-0.1, -0.05) is 12.1 Å². The van der Waals surface area contributed by atoms with E-state index in [4.69, 9.17) is 4.74 Å². The van der Waals surface area contributed by atoms with Gasteiger partial charge in [0.2, 0.25) is 0 Å². The minimum Gasteiger partial charge on any atom is -0.434 e. The lowest BCUT2D eigenvalue weighted by Gasteiger charge is -2.35. The minimum atomic E-state index is -2.98. The minimum absolute atomic E-state index is 0.0645. The molecule has 1 atom stereocenters. The monoisotopic (exact) mass is 372 g/mol. The third-order valence-corrected chi connectivity index (χ3v) is 4.08. The average molecular weight is 372 g/mol. The van der Waals surface area contributed by atoms with Crippen molar-refractivity contribution in [2.45, 2.75) is 32.7 Å². The number of β-amino-alcohol motifs (C(OH)–C–C–N with tert-alkyl or cyclic N) is 1. The maximum atomic E-state index is 12.6. The van der Waals surface area contributed by atoms with Crippen LogP contribution < -0.4 is 4.74 Å². The van der Waals surface area contributed by atoms with Crippen molar-refractivity contribution in [3.63, 3.8) is 0 Å². The predicted molar refractivity (Wildman–Crippen MR) is 92.5 cm³/mol. The highest BCUT2D eigenvalue weighted by Crippen LogP contribution is 2.22. The van der Waals surface area contributed by atoms with Crippen molar-refractivity contribution in [1.82, 2.24) is 9.80 Å². The molecule has 1 fully saturated rings. The predicted octanol–water partition coefficient (Wildman–Crippen LogP) is 1.83. The first-order chi connectivity index (χ1) is 12.4. The molecule has 26 heavy (non-hydrogen) atoms. The van der Waals surface area contributed by atoms with Gasteiger partial charge in [0.1, 0.15) is 5.75 Å². The molecular formula is C18H26F2N2O4. The molecule has 1 saturated heterocycles. The zero-order valence-corrected chi connectivity index (χ0v) is 15.1. The van der Waals surface area contributed by atoms with Gasteiger partial charge in [0.15, 0.2) is 0 Å². The van der Waals surface area contributed by atoms with Crippen molar-refractivity contribution >= 4 is 5.91 Å². The van der Waals surface area contributed by atoms with E-state index in [1.165, 1.54) is 12.1 Å². The van der Waals surface area contributed by atoms with Crippen LogP contribution in [0.5, 0.6) is 5.75 Å². The first-order valence-electron chi connectivity index (χ1n) is 8.72. The van der Waals surface area contributed by atoms with Gasteiger partial charge in [0.05, 0.1) is 24.4 Å². The molecule has 1 amide bonds. The Morgan fingerprint density at radius 2 is 1.85 bits per heavy atom. The molecule has 0 aromatic heterocycles. The van der Waals surface area contributed by atoms with E-state index in [1.54, 1.807) is 17.0 Å². The Balaban J connectivity index is 1.87. The van der Waals surface area contributed by atoms with Crippen LogP contribution in [0.4, 0.5) is 8.78 Å². The van der Waals surface area contributed by atoms with Gasteiger partial charge in [-0.05, 0) is 26.0 Å². The highest BCUT2D eigenvalue weighted by molar-refractivity contribution is 5.97. The van der Waals surface area contributed by atoms with Crippen LogP contribution in [0.1, 0.15) is 24.2 Å². The van der Waals surface area contributed by atoms with Gasteiger partial charge < -0.3 is 19.5 Å². The number of carbonyl (C=O) groups is 1. The SMILES string of the molecule is CC(C)OCC(O)CN1CCN(C(=O)c2ccccc2OC(F)F)CC1. The van der Waals surface area contributed by atoms with Crippen LogP contribution in [0.2, 0.25) is 0 Å². The third kappa shape index (κ3) is 6.19. The van der Waals surface area contributed by atoms with E-state index >= 15 is 0 Å². The summed E-state index contributed by atoms with van der Waals surface area (Å²) in [6.45, 7) is 3.70. The first-order valence-corrected chi connectivity index (χ1v) is 8.72. The van der Waals surface area contributed by atoms with Gasteiger partial charge in [-0.3, -0.25) is 9.69 Å². The summed E-state index contributed by atoms with van der Waals surface area (Å²) < 4.78 is 34.8. The highest BCUT2D eigenvalue weighted by Gasteiger charge is 2.25. The van der Waals surface area contributed by atoms with Crippen LogP contribution in [0.3, 0.4) is 0 Å². The summed E-state index contributed by atoms with van der Waals surface area (Å²) in [6, 6.07) is 6.01. The number of ether oxygens (including phenoxy) is 2. The van der Waals surface area contributed by atoms with E-state index < -0.39 is 12.7 Å². The number of alkyl halides is 2. The summed E-state index contributed by atoms with van der Waals surface area (Å²) >= 11 is 0. The Morgan fingerprint density at radius 3 is 2.46 bits per heavy atom. The summed E-state index contributed by atoms with van der Waals surface area (Å²) in [5.74, 6) is -0.444. The van der Waals surface area contributed by atoms with Gasteiger partial charge in [-0.2, -0.15) is 8.78 Å². The largest absolute Gasteiger partial charge is 0.434 e. The fourth-order valence-electron chi connectivity index (χ4n) is 2.80. The molecule has 1 aliphatic heterocycles. The molecule has 0 bridgehead atoms. The number of carbonyl (C=O) groups excluding carboxylic acids is 1. The topological polar surface area (TPSA) is 62.2 Å². The molecule has 8 heteroatoms. The number of hydrogen-bond acceptors (Lipinski definition) is 5. The number of para-hydroxylation sites is 1. The molecule has 1 unspecified atom stereocenters. The van der Waals surface area contributed by atoms with Crippen LogP contribution in [-0.4, -0.2) is 79.0 Å². The van der Waals surface area contributed by atoms with Gasteiger partial charge in [0.25, 0.3) is 5.91 Å². The fraction of sp³-hybridized carbons (Fsp3) is 0.611. The summed E-state index contributed by atoms with van der Waals surface area (Å²) in [6.07, 6.45) is -0.519. The van der Waals surface area contributed by atoms with E-state index in [1.807, 2.05) is 13.8 Å². The van der Waals surface area contributed by atoms with Gasteiger partial charge >= 0.3 is 6.61 Å². The Labute approximate surface area is 152 Å². The molecule has 0 radical (unpaired) electrons. The van der Waals surface area contributed by atoms with E-state index in [0.29, 0.717) is 32.7 Å². The molecule has 6 nitrogen and oxygen atoms in total. The van der Waals surface area contributed by atoms with Crippen molar-refractivity contribution < 1.29 is 28.2 Å². The van der Waals surface area contributed by atoms with Crippen LogP contribution in [0, 0.1) is 0 Å². The molecule has 146 valence electrons. The van der Waals surface area contributed by atoms with E-state index in [9.17, 15) is 18.7 Å². The number of hydrogen-bond donors (Lipinski definition) is 1. The second-order valence-corrected chi connectivity index (χ2v) is 6.50. The molecular weight excluding hydrogens is 346 g/mol. The molecule has 1 N–H and O–H groups in total. The number of nitrogens with zero attached hydrogens (tertiary/aromatic N) is 2. The van der Waals surface area contributed by atoms with E-state index in [0.717, 1.165) is 0 Å². The number of aliphatic hydroxyl groups excluding tert-OH is 1. The molecule has 1 aromatic rings. The highest BCUT2D eigenvalue weighted by atomic mass is 19.3. The molecule has 0 aliphatic carbocycles. The second-order valence-electron chi connectivity index (χ2n) is 6.50. The van der Waals surface area contributed by atoms with Crippen molar-refractivity contribution in [3.05, 3.63) is 29.8 Å². The normalized spacial score (nSPS) is 17.0. The van der Waals surface area contributed by atoms with Crippen molar-refractivity contribution in [2.24, 2.45) is 0 Å². The quantitative estimate of drug-likeness (QED) is 0.754. The maximum absolute atomic E-state index is 12.6. The Bertz CT molecular complexity index is 578. The Hall–Kier alpha value is -1.77. The molecule has 1 aliphatic rings. The smallest absolute Gasteiger partial charge is 0.387 e. The lowest BCUT2D eigenvalue weighted by Crippen LogP contribution is -2.51. The number of halogens is 2. The second kappa shape index (κ2) is 9.80. The van der Waals surface area contributed by atoms with Crippen LogP contribution in [0.15, 0.2) is 24.3 Å². The zero-order chi connectivity index (χ0) is 19.1. The fourth-order valence-corrected chi connectivity index (χ4v) is 2.80. The number of piperazine rings is 1. The lowest BCUT2D eigenvalue weighted by molar-refractivity contribution is -0.0503. The molecule has 0 saturated carbocycles. The lowest BCUT2D eigenvalue weighted by atomic mass is 10.1. The molecule has 2 rings (SSSR count). The maximum Gasteiger partial charge on any atom is 0.387 e. The van der Waals surface area contributed by atoms with Crippen LogP contribution in [0.25, 0.3) is 0 Å². The van der Waals surface area contributed by atoms with Crippen LogP contribution in [-0.2, 0) is 4.74 Å². The summed E-state index contributed by atoms with van der Waals surface area (Å²) in [5, 5.41) is 9.99. The van der Waals surface area contributed by atoms with Crippen LogP contribution >= 0.6 is 0 Å². The average Bonchev–Trinajstić information content (AvgIpc) is 2.60. The van der Waals surface area contributed by atoms with Crippen molar-refractivity contribution in [1.29, 1.82) is 0 Å². The van der Waals surface area contributed by atoms with Gasteiger partial charge in [-0.25, -0.2) is 0 Å². The zero-order valence-electron chi connectivity index (χ0n) is 15.1. The van der Waals surface area contributed by atoms with E-state index in [2.05, 4.69) is 9.64 Å². The summed E-state index contributed by atoms with van der Waals surface area (Å²) in [4.78, 5) is 16.3. The molecule has 0 spiro atoms. The third-order valence-electron chi connectivity index (χ3n) is 4.08. The number of amides is 1. The van der Waals surface area contributed by atoms with Crippen molar-refractivity contribution in [3.8, 4) is 5.75 Å². The summed E-state index contributed by atoms with van der Waals surface area (Å²) in [5.41, 5.74) is 0.131. The Kier molecular flexibility index (Phi) is 7.74. The number of rotatable bonds is 8. The van der Waals surface area contributed by atoms with Crippen molar-refractivity contribution in [2.75, 3.05) is 39.3 Å². The molecule has 1 aromatic carbocycles. The number of aliphatic hydroxyl groups is 1. The standard InChI is InChI=1S/C18H26F2N2O4/c1-13(2)25-12-14(23)11-21-7-9-22(10-8-21)17(24)15-5-3-4-6-16(15)26-18(19)20/h3-6,13-14,18,23H,7-12H2,1-2H3. The summed E-state index contributed by atoms with van der Waals surface area (Å²) in [7, 11) is 0. The molecule has 1 heterocycles. The van der Waals surface area contributed by atoms with Gasteiger partial charge in [0, 0.05) is 32.7 Å².